The second-order valence-electron chi connectivity index (χ2n) is 3.89. The summed E-state index contributed by atoms with van der Waals surface area (Å²) < 4.78 is 23.9. The summed E-state index contributed by atoms with van der Waals surface area (Å²) in [6.45, 7) is 2.77. The zero-order valence-corrected chi connectivity index (χ0v) is 10.7. The maximum atomic E-state index is 13.4. The highest BCUT2D eigenvalue weighted by molar-refractivity contribution is 5.40. The van der Waals surface area contributed by atoms with E-state index in [0.29, 0.717) is 17.9 Å². The SMILES string of the molecule is COCCC(C)Oc1cc(F)cc(C#CCN)c1. The van der Waals surface area contributed by atoms with Crippen LogP contribution in [0.3, 0.4) is 0 Å². The summed E-state index contributed by atoms with van der Waals surface area (Å²) in [5, 5.41) is 0. The lowest BCUT2D eigenvalue weighted by Crippen LogP contribution is -2.14. The van der Waals surface area contributed by atoms with Crippen LogP contribution in [0.1, 0.15) is 18.9 Å². The lowest BCUT2D eigenvalue weighted by Gasteiger charge is -2.14. The van der Waals surface area contributed by atoms with Crippen molar-refractivity contribution in [1.29, 1.82) is 0 Å². The highest BCUT2D eigenvalue weighted by Crippen LogP contribution is 2.18. The van der Waals surface area contributed by atoms with Crippen molar-refractivity contribution in [3.8, 4) is 17.6 Å². The zero-order chi connectivity index (χ0) is 13.4. The molecule has 4 heteroatoms. The summed E-state index contributed by atoms with van der Waals surface area (Å²) >= 11 is 0. The van der Waals surface area contributed by atoms with Gasteiger partial charge in [0.15, 0.2) is 0 Å². The molecule has 3 nitrogen and oxygen atoms in total. The molecule has 1 unspecified atom stereocenters. The Labute approximate surface area is 107 Å². The van der Waals surface area contributed by atoms with Crippen molar-refractivity contribution in [1.82, 2.24) is 0 Å². The first-order valence-electron chi connectivity index (χ1n) is 5.81. The third-order valence-corrected chi connectivity index (χ3v) is 2.27. The quantitative estimate of drug-likeness (QED) is 0.813. The van der Waals surface area contributed by atoms with Crippen LogP contribution >= 0.6 is 0 Å². The van der Waals surface area contributed by atoms with Gasteiger partial charge in [-0.2, -0.15) is 0 Å². The summed E-state index contributed by atoms with van der Waals surface area (Å²) in [5.74, 6) is 5.57. The number of benzene rings is 1. The van der Waals surface area contributed by atoms with Gasteiger partial charge in [-0.15, -0.1) is 0 Å². The largest absolute Gasteiger partial charge is 0.490 e. The Kier molecular flexibility index (Phi) is 6.20. The first kappa shape index (κ1) is 14.5. The van der Waals surface area contributed by atoms with Crippen molar-refractivity contribution in [2.45, 2.75) is 19.4 Å². The van der Waals surface area contributed by atoms with Gasteiger partial charge in [-0.3, -0.25) is 0 Å². The second kappa shape index (κ2) is 7.70. The third-order valence-electron chi connectivity index (χ3n) is 2.27. The number of rotatable bonds is 5. The molecular weight excluding hydrogens is 233 g/mol. The Morgan fingerprint density at radius 2 is 2.17 bits per heavy atom. The van der Waals surface area contributed by atoms with Gasteiger partial charge in [0.2, 0.25) is 0 Å². The number of nitrogens with two attached hydrogens (primary N) is 1. The van der Waals surface area contributed by atoms with E-state index in [4.69, 9.17) is 15.2 Å². The van der Waals surface area contributed by atoms with Crippen molar-refractivity contribution in [2.24, 2.45) is 5.73 Å². The summed E-state index contributed by atoms with van der Waals surface area (Å²) in [5.41, 5.74) is 5.84. The molecule has 18 heavy (non-hydrogen) atoms. The fraction of sp³-hybridized carbons (Fsp3) is 0.429. The van der Waals surface area contributed by atoms with Gasteiger partial charge in [-0.25, -0.2) is 4.39 Å². The first-order chi connectivity index (χ1) is 8.65. The molecule has 1 rings (SSSR count). The van der Waals surface area contributed by atoms with Gasteiger partial charge >= 0.3 is 0 Å². The van der Waals surface area contributed by atoms with E-state index in [0.717, 1.165) is 6.42 Å². The van der Waals surface area contributed by atoms with E-state index in [1.54, 1.807) is 13.2 Å². The molecule has 0 fully saturated rings. The Balaban J connectivity index is 2.73. The first-order valence-corrected chi connectivity index (χ1v) is 5.81. The molecule has 1 aromatic rings. The molecule has 2 N–H and O–H groups in total. The molecule has 0 spiro atoms. The van der Waals surface area contributed by atoms with Gasteiger partial charge in [0, 0.05) is 31.8 Å². The number of methoxy groups -OCH3 is 1. The lowest BCUT2D eigenvalue weighted by molar-refractivity contribution is 0.135. The monoisotopic (exact) mass is 251 g/mol. The second-order valence-corrected chi connectivity index (χ2v) is 3.89. The van der Waals surface area contributed by atoms with E-state index < -0.39 is 0 Å². The summed E-state index contributed by atoms with van der Waals surface area (Å²) in [4.78, 5) is 0. The molecule has 0 saturated heterocycles. The average molecular weight is 251 g/mol. The lowest BCUT2D eigenvalue weighted by atomic mass is 10.2. The molecule has 1 atom stereocenters. The molecule has 0 aromatic heterocycles. The van der Waals surface area contributed by atoms with Gasteiger partial charge in [-0.05, 0) is 19.1 Å². The molecule has 1 aromatic carbocycles. The minimum Gasteiger partial charge on any atom is -0.490 e. The molecule has 0 bridgehead atoms. The highest BCUT2D eigenvalue weighted by Gasteiger charge is 2.06. The van der Waals surface area contributed by atoms with Crippen LogP contribution in [0.15, 0.2) is 18.2 Å². The molecular formula is C14H18FNO2. The van der Waals surface area contributed by atoms with E-state index in [1.807, 2.05) is 6.92 Å². The Hall–Kier alpha value is -1.57. The van der Waals surface area contributed by atoms with Crippen LogP contribution in [-0.2, 0) is 4.74 Å². The highest BCUT2D eigenvalue weighted by atomic mass is 19.1. The minimum atomic E-state index is -0.368. The van der Waals surface area contributed by atoms with Gasteiger partial charge in [0.05, 0.1) is 12.6 Å². The van der Waals surface area contributed by atoms with Gasteiger partial charge < -0.3 is 15.2 Å². The predicted octanol–water partition coefficient (Wildman–Crippen LogP) is 1.94. The fourth-order valence-electron chi connectivity index (χ4n) is 1.43. The maximum Gasteiger partial charge on any atom is 0.128 e. The van der Waals surface area contributed by atoms with Crippen molar-refractivity contribution in [3.63, 3.8) is 0 Å². The topological polar surface area (TPSA) is 44.5 Å². The number of halogens is 1. The minimum absolute atomic E-state index is 0.0398. The van der Waals surface area contributed by atoms with E-state index in [-0.39, 0.29) is 18.5 Å². The average Bonchev–Trinajstić information content (AvgIpc) is 2.33. The van der Waals surface area contributed by atoms with Crippen LogP contribution in [0.4, 0.5) is 4.39 Å². The van der Waals surface area contributed by atoms with Gasteiger partial charge in [0.25, 0.3) is 0 Å². The van der Waals surface area contributed by atoms with Crippen LogP contribution in [-0.4, -0.2) is 26.4 Å². The zero-order valence-electron chi connectivity index (χ0n) is 10.7. The van der Waals surface area contributed by atoms with Crippen LogP contribution in [0, 0.1) is 17.7 Å². The van der Waals surface area contributed by atoms with Crippen LogP contribution in [0.2, 0.25) is 0 Å². The molecule has 0 heterocycles. The Bertz CT molecular complexity index is 437. The summed E-state index contributed by atoms with van der Waals surface area (Å²) in [7, 11) is 1.63. The smallest absolute Gasteiger partial charge is 0.128 e. The van der Waals surface area contributed by atoms with Crippen molar-refractivity contribution < 1.29 is 13.9 Å². The summed E-state index contributed by atoms with van der Waals surface area (Å²) in [6, 6.07) is 4.40. The number of hydrogen-bond acceptors (Lipinski definition) is 3. The van der Waals surface area contributed by atoms with Gasteiger partial charge in [-0.1, -0.05) is 11.8 Å². The van der Waals surface area contributed by atoms with E-state index in [1.165, 1.54) is 12.1 Å². The van der Waals surface area contributed by atoms with Gasteiger partial charge in [0.1, 0.15) is 11.6 Å². The van der Waals surface area contributed by atoms with Crippen molar-refractivity contribution in [3.05, 3.63) is 29.6 Å². The van der Waals surface area contributed by atoms with Crippen LogP contribution in [0.25, 0.3) is 0 Å². The van der Waals surface area contributed by atoms with E-state index >= 15 is 0 Å². The molecule has 0 aliphatic rings. The number of ether oxygens (including phenoxy) is 2. The standard InChI is InChI=1S/C14H18FNO2/c1-11(5-7-17-2)18-14-9-12(4-3-6-16)8-13(15)10-14/h8-11H,5-7,16H2,1-2H3. The fourth-order valence-corrected chi connectivity index (χ4v) is 1.43. The molecule has 0 amide bonds. The molecule has 0 radical (unpaired) electrons. The Morgan fingerprint density at radius 1 is 1.39 bits per heavy atom. The maximum absolute atomic E-state index is 13.4. The van der Waals surface area contributed by atoms with Crippen molar-refractivity contribution in [2.75, 3.05) is 20.3 Å². The van der Waals surface area contributed by atoms with E-state index in [2.05, 4.69) is 11.8 Å². The predicted molar refractivity (Wildman–Crippen MR) is 68.9 cm³/mol. The summed E-state index contributed by atoms with van der Waals surface area (Å²) in [6.07, 6.45) is 0.707. The van der Waals surface area contributed by atoms with Crippen LogP contribution < -0.4 is 10.5 Å². The normalized spacial score (nSPS) is 11.6. The van der Waals surface area contributed by atoms with E-state index in [9.17, 15) is 4.39 Å². The Morgan fingerprint density at radius 3 is 2.83 bits per heavy atom. The third kappa shape index (κ3) is 5.17. The molecule has 98 valence electrons. The van der Waals surface area contributed by atoms with Crippen molar-refractivity contribution >= 4 is 0 Å². The molecule has 0 saturated carbocycles. The van der Waals surface area contributed by atoms with Crippen LogP contribution in [0.5, 0.6) is 5.75 Å². The molecule has 0 aliphatic carbocycles. The number of hydrogen-bond donors (Lipinski definition) is 1. The molecule has 0 aliphatic heterocycles.